The zero-order chi connectivity index (χ0) is 18.0. The summed E-state index contributed by atoms with van der Waals surface area (Å²) in [6.07, 6.45) is 1.04. The second kappa shape index (κ2) is 7.70. The zero-order valence-corrected chi connectivity index (χ0v) is 16.3. The minimum absolute atomic E-state index is 0.286. The van der Waals surface area contributed by atoms with Gasteiger partial charge in [0.2, 0.25) is 5.82 Å². The zero-order valence-electron chi connectivity index (χ0n) is 15.5. The molecule has 0 spiro atoms. The summed E-state index contributed by atoms with van der Waals surface area (Å²) in [5.41, 5.74) is 2.54. The van der Waals surface area contributed by atoms with Gasteiger partial charge < -0.3 is 9.80 Å². The van der Waals surface area contributed by atoms with Gasteiger partial charge in [0.1, 0.15) is 6.04 Å². The van der Waals surface area contributed by atoms with Gasteiger partial charge in [-0.05, 0) is 48.9 Å². The molecule has 1 aliphatic rings. The van der Waals surface area contributed by atoms with Gasteiger partial charge in [0, 0.05) is 17.1 Å². The quantitative estimate of drug-likeness (QED) is 0.883. The average molecular weight is 364 g/mol. The third-order valence-electron chi connectivity index (χ3n) is 5.14. The van der Waals surface area contributed by atoms with Crippen molar-refractivity contribution in [2.45, 2.75) is 46.2 Å². The van der Waals surface area contributed by atoms with Gasteiger partial charge in [0.25, 0.3) is 0 Å². The van der Waals surface area contributed by atoms with Gasteiger partial charge in [-0.25, -0.2) is 4.68 Å². The summed E-state index contributed by atoms with van der Waals surface area (Å²) in [6.45, 7) is 12.8. The third-order valence-corrected chi connectivity index (χ3v) is 5.37. The maximum absolute atomic E-state index is 6.20. The van der Waals surface area contributed by atoms with Crippen molar-refractivity contribution in [1.82, 2.24) is 20.2 Å². The summed E-state index contributed by atoms with van der Waals surface area (Å²) in [7, 11) is 0. The van der Waals surface area contributed by atoms with Gasteiger partial charge >= 0.3 is 0 Å². The average Bonchev–Trinajstić information content (AvgIpc) is 3.08. The van der Waals surface area contributed by atoms with E-state index in [0.29, 0.717) is 6.04 Å². The molecule has 1 saturated heterocycles. The van der Waals surface area contributed by atoms with Crippen LogP contribution in [0.2, 0.25) is 5.02 Å². The summed E-state index contributed by atoms with van der Waals surface area (Å²) >= 11 is 6.20. The van der Waals surface area contributed by atoms with Crippen molar-refractivity contribution in [3.63, 3.8) is 0 Å². The molecule has 1 N–H and O–H groups in total. The van der Waals surface area contributed by atoms with Crippen molar-refractivity contribution in [2.24, 2.45) is 0 Å². The Morgan fingerprint density at radius 3 is 2.60 bits per heavy atom. The summed E-state index contributed by atoms with van der Waals surface area (Å²) in [5, 5.41) is 13.2. The normalized spacial score (nSPS) is 17.3. The summed E-state index contributed by atoms with van der Waals surface area (Å²) in [6, 6.07) is 6.77. The van der Waals surface area contributed by atoms with Crippen LogP contribution in [0.3, 0.4) is 0 Å². The summed E-state index contributed by atoms with van der Waals surface area (Å²) in [5.74, 6) is 1.01. The number of halogens is 1. The minimum atomic E-state index is 0.286. The molecule has 2 heterocycles. The first-order chi connectivity index (χ1) is 12.0. The molecule has 0 radical (unpaired) electrons. The van der Waals surface area contributed by atoms with Gasteiger partial charge in [-0.1, -0.05) is 24.6 Å². The van der Waals surface area contributed by atoms with E-state index in [1.165, 1.54) is 11.3 Å². The Bertz CT molecular complexity index is 705. The van der Waals surface area contributed by atoms with Gasteiger partial charge in [-0.15, -0.1) is 5.10 Å². The van der Waals surface area contributed by atoms with Crippen LogP contribution in [0.15, 0.2) is 18.2 Å². The molecule has 0 aliphatic carbocycles. The van der Waals surface area contributed by atoms with Crippen LogP contribution in [0.5, 0.6) is 0 Å². The Morgan fingerprint density at radius 1 is 1.24 bits per heavy atom. The first-order valence-electron chi connectivity index (χ1n) is 9.14. The number of nitrogens with zero attached hydrogens (tertiary/aromatic N) is 5. The number of nitrogens with one attached hydrogen (secondary N) is 1. The Labute approximate surface area is 154 Å². The second-order valence-electron chi connectivity index (χ2n) is 7.11. The fourth-order valence-electron chi connectivity index (χ4n) is 3.76. The first kappa shape index (κ1) is 18.1. The third kappa shape index (κ3) is 3.80. The van der Waals surface area contributed by atoms with Crippen molar-refractivity contribution >= 4 is 17.3 Å². The number of aryl methyl sites for hydroxylation is 1. The van der Waals surface area contributed by atoms with Crippen molar-refractivity contribution < 1.29 is 4.90 Å². The molecule has 2 aromatic rings. The summed E-state index contributed by atoms with van der Waals surface area (Å²) < 4.78 is 1.97. The van der Waals surface area contributed by atoms with Crippen LogP contribution in [0, 0.1) is 6.92 Å². The van der Waals surface area contributed by atoms with Crippen LogP contribution < -0.4 is 9.80 Å². The molecular weight excluding hydrogens is 336 g/mol. The number of hydrogen-bond acceptors (Lipinski definition) is 4. The number of benzene rings is 1. The van der Waals surface area contributed by atoms with Crippen molar-refractivity contribution in [2.75, 3.05) is 31.1 Å². The number of tetrazole rings is 1. The van der Waals surface area contributed by atoms with Crippen LogP contribution in [0.4, 0.5) is 5.69 Å². The van der Waals surface area contributed by atoms with E-state index in [2.05, 4.69) is 60.3 Å². The highest BCUT2D eigenvalue weighted by molar-refractivity contribution is 6.30. The number of piperazine rings is 1. The van der Waals surface area contributed by atoms with E-state index in [4.69, 9.17) is 11.6 Å². The molecule has 1 aromatic heterocycles. The second-order valence-corrected chi connectivity index (χ2v) is 7.55. The SMILES string of the molecule is CC[C@@H](c1nnnn1C(C)C)[NH+]1CCN(c2cc(Cl)ccc2C)CC1. The highest BCUT2D eigenvalue weighted by atomic mass is 35.5. The molecular formula is C18H28ClN6+. The van der Waals surface area contributed by atoms with E-state index in [1.807, 2.05) is 10.7 Å². The molecule has 136 valence electrons. The topological polar surface area (TPSA) is 51.3 Å². The largest absolute Gasteiger partial charge is 0.360 e. The summed E-state index contributed by atoms with van der Waals surface area (Å²) in [4.78, 5) is 4.01. The lowest BCUT2D eigenvalue weighted by molar-refractivity contribution is -0.933. The molecule has 1 aromatic carbocycles. The van der Waals surface area contributed by atoms with Gasteiger partial charge in [0.15, 0.2) is 0 Å². The molecule has 7 heteroatoms. The lowest BCUT2D eigenvalue weighted by atomic mass is 10.1. The first-order valence-corrected chi connectivity index (χ1v) is 9.52. The lowest BCUT2D eigenvalue weighted by Gasteiger charge is -2.37. The van der Waals surface area contributed by atoms with Crippen LogP contribution in [-0.2, 0) is 0 Å². The number of rotatable bonds is 5. The van der Waals surface area contributed by atoms with E-state index >= 15 is 0 Å². The van der Waals surface area contributed by atoms with Gasteiger partial charge in [0.05, 0.1) is 32.2 Å². The van der Waals surface area contributed by atoms with E-state index < -0.39 is 0 Å². The fourth-order valence-corrected chi connectivity index (χ4v) is 3.92. The molecule has 1 atom stereocenters. The highest BCUT2D eigenvalue weighted by Gasteiger charge is 2.32. The predicted octanol–water partition coefficient (Wildman–Crippen LogP) is 2.07. The Hall–Kier alpha value is -1.66. The maximum Gasteiger partial charge on any atom is 0.209 e. The Kier molecular flexibility index (Phi) is 5.59. The number of aromatic nitrogens is 4. The van der Waals surface area contributed by atoms with Crippen LogP contribution in [0.25, 0.3) is 0 Å². The fraction of sp³-hybridized carbons (Fsp3) is 0.611. The Morgan fingerprint density at radius 2 is 1.96 bits per heavy atom. The van der Waals surface area contributed by atoms with E-state index in [9.17, 15) is 0 Å². The van der Waals surface area contributed by atoms with E-state index in [1.54, 1.807) is 4.90 Å². The van der Waals surface area contributed by atoms with Gasteiger partial charge in [-0.2, -0.15) is 0 Å². The molecule has 0 bridgehead atoms. The maximum atomic E-state index is 6.20. The van der Waals surface area contributed by atoms with E-state index in [-0.39, 0.29) is 6.04 Å². The van der Waals surface area contributed by atoms with Crippen LogP contribution >= 0.6 is 11.6 Å². The highest BCUT2D eigenvalue weighted by Crippen LogP contribution is 2.24. The molecule has 3 rings (SSSR count). The molecule has 1 aliphatic heterocycles. The lowest BCUT2D eigenvalue weighted by Crippen LogP contribution is -3.15. The van der Waals surface area contributed by atoms with Crippen LogP contribution in [0.1, 0.15) is 50.7 Å². The smallest absolute Gasteiger partial charge is 0.209 e. The standard InChI is InChI=1S/C18H27ClN6/c1-5-16(18-20-21-22-25(18)13(2)3)23-8-10-24(11-9-23)17-12-15(19)7-6-14(17)4/h6-7,12-13,16H,5,8-11H2,1-4H3/p+1/t16-/m0/s1. The van der Waals surface area contributed by atoms with Crippen molar-refractivity contribution in [3.05, 3.63) is 34.6 Å². The molecule has 25 heavy (non-hydrogen) atoms. The molecule has 6 nitrogen and oxygen atoms in total. The minimum Gasteiger partial charge on any atom is -0.360 e. The number of hydrogen-bond donors (Lipinski definition) is 1. The van der Waals surface area contributed by atoms with E-state index in [0.717, 1.165) is 43.4 Å². The van der Waals surface area contributed by atoms with Crippen molar-refractivity contribution in [1.29, 1.82) is 0 Å². The molecule has 0 amide bonds. The molecule has 0 unspecified atom stereocenters. The molecule has 0 saturated carbocycles. The Balaban J connectivity index is 1.72. The predicted molar refractivity (Wildman–Crippen MR) is 100 cm³/mol. The van der Waals surface area contributed by atoms with Crippen molar-refractivity contribution in [3.8, 4) is 0 Å². The number of anilines is 1. The molecule has 1 fully saturated rings. The number of quaternary nitrogens is 1. The monoisotopic (exact) mass is 363 g/mol. The van der Waals surface area contributed by atoms with Gasteiger partial charge in [-0.3, -0.25) is 0 Å². The van der Waals surface area contributed by atoms with Crippen LogP contribution in [-0.4, -0.2) is 46.4 Å².